The molecule has 1 aliphatic rings. The second kappa shape index (κ2) is 5.66. The topological polar surface area (TPSA) is 81.3 Å². The Labute approximate surface area is 133 Å². The van der Waals surface area contributed by atoms with Crippen LogP contribution in [0.3, 0.4) is 0 Å². The second-order valence-corrected chi connectivity index (χ2v) is 5.86. The molecule has 0 unspecified atom stereocenters. The molecule has 23 heavy (non-hydrogen) atoms. The summed E-state index contributed by atoms with van der Waals surface area (Å²) in [6, 6.07) is 3.90. The van der Waals surface area contributed by atoms with Gasteiger partial charge in [-0.05, 0) is 45.4 Å². The minimum atomic E-state index is 0.226. The summed E-state index contributed by atoms with van der Waals surface area (Å²) in [5.41, 5.74) is 2.71. The lowest BCUT2D eigenvalue weighted by Crippen LogP contribution is -2.24. The molecule has 0 N–H and O–H groups in total. The van der Waals surface area contributed by atoms with Crippen molar-refractivity contribution in [2.45, 2.75) is 39.3 Å². The van der Waals surface area contributed by atoms with Gasteiger partial charge in [-0.1, -0.05) is 10.3 Å². The van der Waals surface area contributed by atoms with E-state index in [1.165, 1.54) is 0 Å². The summed E-state index contributed by atoms with van der Waals surface area (Å²) >= 11 is 0. The maximum Gasteiger partial charge on any atom is 0.263 e. The molecular weight excluding hydrogens is 296 g/mol. The number of rotatable bonds is 4. The van der Waals surface area contributed by atoms with Crippen LogP contribution in [-0.2, 0) is 6.54 Å². The molecule has 1 saturated heterocycles. The molecule has 0 aromatic carbocycles. The van der Waals surface area contributed by atoms with Crippen LogP contribution in [0.15, 0.2) is 31.9 Å². The molecule has 4 rings (SSSR count). The smallest absolute Gasteiger partial charge is 0.263 e. The highest BCUT2D eigenvalue weighted by molar-refractivity contribution is 5.44. The highest BCUT2D eigenvalue weighted by atomic mass is 16.6. The fourth-order valence-electron chi connectivity index (χ4n) is 3.14. The zero-order valence-corrected chi connectivity index (χ0v) is 13.2. The van der Waals surface area contributed by atoms with Crippen molar-refractivity contribution in [2.75, 3.05) is 6.54 Å². The van der Waals surface area contributed by atoms with E-state index < -0.39 is 0 Å². The molecule has 7 heteroatoms. The van der Waals surface area contributed by atoms with E-state index >= 15 is 0 Å². The molecule has 0 saturated carbocycles. The van der Waals surface area contributed by atoms with Gasteiger partial charge in [0.15, 0.2) is 5.76 Å². The van der Waals surface area contributed by atoms with E-state index in [0.29, 0.717) is 18.2 Å². The molecule has 1 atom stereocenters. The van der Waals surface area contributed by atoms with Crippen molar-refractivity contribution in [2.24, 2.45) is 0 Å². The Bertz CT molecular complexity index is 790. The molecule has 3 aromatic heterocycles. The van der Waals surface area contributed by atoms with E-state index in [0.717, 1.165) is 42.2 Å². The lowest BCUT2D eigenvalue weighted by atomic mass is 10.1. The van der Waals surface area contributed by atoms with Crippen molar-refractivity contribution in [1.29, 1.82) is 0 Å². The van der Waals surface area contributed by atoms with Crippen molar-refractivity contribution in [3.05, 3.63) is 41.2 Å². The fourth-order valence-corrected chi connectivity index (χ4v) is 3.14. The lowest BCUT2D eigenvalue weighted by molar-refractivity contribution is 0.228. The number of oxazole rings is 1. The van der Waals surface area contributed by atoms with E-state index in [1.807, 2.05) is 26.0 Å². The number of hydrogen-bond acceptors (Lipinski definition) is 7. The Balaban J connectivity index is 1.57. The maximum absolute atomic E-state index is 5.74. The van der Waals surface area contributed by atoms with Crippen molar-refractivity contribution in [3.63, 3.8) is 0 Å². The number of aromatic nitrogens is 3. The van der Waals surface area contributed by atoms with E-state index in [2.05, 4.69) is 20.2 Å². The monoisotopic (exact) mass is 314 g/mol. The summed E-state index contributed by atoms with van der Waals surface area (Å²) < 4.78 is 16.0. The fraction of sp³-hybridized carbons (Fsp3) is 0.438. The second-order valence-electron chi connectivity index (χ2n) is 5.86. The predicted molar refractivity (Wildman–Crippen MR) is 80.4 cm³/mol. The molecule has 0 aliphatic carbocycles. The van der Waals surface area contributed by atoms with Gasteiger partial charge in [0, 0.05) is 6.54 Å². The zero-order chi connectivity index (χ0) is 15.8. The quantitative estimate of drug-likeness (QED) is 0.731. The maximum atomic E-state index is 5.74. The third-order valence-electron chi connectivity index (χ3n) is 4.34. The van der Waals surface area contributed by atoms with Gasteiger partial charge in [-0.25, -0.2) is 9.61 Å². The van der Waals surface area contributed by atoms with Crippen LogP contribution in [0.2, 0.25) is 0 Å². The summed E-state index contributed by atoms with van der Waals surface area (Å²) in [5, 5.41) is 7.97. The predicted octanol–water partition coefficient (Wildman–Crippen LogP) is 3.27. The average Bonchev–Trinajstić information content (AvgIpc) is 3.28. The van der Waals surface area contributed by atoms with Crippen molar-refractivity contribution in [1.82, 2.24) is 20.2 Å². The van der Waals surface area contributed by atoms with E-state index in [9.17, 15) is 0 Å². The van der Waals surface area contributed by atoms with Crippen molar-refractivity contribution < 1.29 is 13.5 Å². The summed E-state index contributed by atoms with van der Waals surface area (Å²) in [6.45, 7) is 5.58. The Kier molecular flexibility index (Phi) is 3.49. The van der Waals surface area contributed by atoms with Crippen LogP contribution >= 0.6 is 0 Å². The van der Waals surface area contributed by atoms with Crippen LogP contribution < -0.4 is 0 Å². The molecule has 4 heterocycles. The van der Waals surface area contributed by atoms with Gasteiger partial charge in [0.05, 0.1) is 18.0 Å². The van der Waals surface area contributed by atoms with Gasteiger partial charge in [0.25, 0.3) is 5.89 Å². The van der Waals surface area contributed by atoms with E-state index in [1.54, 1.807) is 6.26 Å². The lowest BCUT2D eigenvalue weighted by Gasteiger charge is -2.21. The van der Waals surface area contributed by atoms with Crippen LogP contribution in [-0.4, -0.2) is 26.7 Å². The van der Waals surface area contributed by atoms with Crippen LogP contribution in [0.1, 0.15) is 41.7 Å². The Morgan fingerprint density at radius 2 is 2.22 bits per heavy atom. The first-order chi connectivity index (χ1) is 11.2. The van der Waals surface area contributed by atoms with E-state index in [-0.39, 0.29) is 6.04 Å². The third kappa shape index (κ3) is 2.57. The minimum Gasteiger partial charge on any atom is -0.459 e. The first kappa shape index (κ1) is 14.2. The van der Waals surface area contributed by atoms with Gasteiger partial charge in [0.2, 0.25) is 0 Å². The molecule has 0 spiro atoms. The standard InChI is InChI=1S/C16H18N4O3/c1-10-15(19-23-18-10)13-5-3-7-20(13)9-12-11(2)22-16(17-12)14-6-4-8-21-14/h4,6,8,13H,3,5,7,9H2,1-2H3/t13-/m1/s1. The van der Waals surface area contributed by atoms with Crippen LogP contribution in [0.25, 0.3) is 11.7 Å². The molecule has 7 nitrogen and oxygen atoms in total. The van der Waals surface area contributed by atoms with Gasteiger partial charge < -0.3 is 8.83 Å². The molecule has 120 valence electrons. The highest BCUT2D eigenvalue weighted by Crippen LogP contribution is 2.34. The number of aryl methyl sites for hydroxylation is 2. The van der Waals surface area contributed by atoms with Crippen molar-refractivity contribution >= 4 is 0 Å². The first-order valence-electron chi connectivity index (χ1n) is 7.75. The molecule has 0 amide bonds. The normalized spacial score (nSPS) is 18.8. The van der Waals surface area contributed by atoms with Gasteiger partial charge in [-0.3, -0.25) is 4.90 Å². The SMILES string of the molecule is Cc1nonc1[C@H]1CCCN1Cc1nc(-c2ccco2)oc1C. The largest absolute Gasteiger partial charge is 0.459 e. The Morgan fingerprint density at radius 3 is 2.96 bits per heavy atom. The Morgan fingerprint density at radius 1 is 1.30 bits per heavy atom. The molecule has 0 radical (unpaired) electrons. The number of nitrogens with zero attached hydrogens (tertiary/aromatic N) is 4. The van der Waals surface area contributed by atoms with Crippen molar-refractivity contribution in [3.8, 4) is 11.7 Å². The Hall–Kier alpha value is -2.41. The summed E-state index contributed by atoms with van der Waals surface area (Å²) in [7, 11) is 0. The molecule has 1 aliphatic heterocycles. The summed E-state index contributed by atoms with van der Waals surface area (Å²) in [6.07, 6.45) is 3.79. The summed E-state index contributed by atoms with van der Waals surface area (Å²) in [4.78, 5) is 6.94. The average molecular weight is 314 g/mol. The zero-order valence-electron chi connectivity index (χ0n) is 13.2. The van der Waals surface area contributed by atoms with Gasteiger partial charge >= 0.3 is 0 Å². The molecular formula is C16H18N4O3. The van der Waals surface area contributed by atoms with Gasteiger partial charge in [-0.2, -0.15) is 0 Å². The van der Waals surface area contributed by atoms with E-state index in [4.69, 9.17) is 13.5 Å². The molecule has 1 fully saturated rings. The van der Waals surface area contributed by atoms with Crippen LogP contribution in [0, 0.1) is 13.8 Å². The van der Waals surface area contributed by atoms with Gasteiger partial charge in [-0.15, -0.1) is 0 Å². The third-order valence-corrected chi connectivity index (χ3v) is 4.34. The first-order valence-corrected chi connectivity index (χ1v) is 7.75. The molecule has 0 bridgehead atoms. The minimum absolute atomic E-state index is 0.226. The van der Waals surface area contributed by atoms with Gasteiger partial charge in [0.1, 0.15) is 17.1 Å². The number of hydrogen-bond donors (Lipinski definition) is 0. The molecule has 3 aromatic rings. The number of furan rings is 1. The number of likely N-dealkylation sites (tertiary alicyclic amines) is 1. The van der Waals surface area contributed by atoms with Crippen LogP contribution in [0.4, 0.5) is 0 Å². The summed E-state index contributed by atoms with van der Waals surface area (Å²) in [5.74, 6) is 1.99. The van der Waals surface area contributed by atoms with Crippen LogP contribution in [0.5, 0.6) is 0 Å². The highest BCUT2D eigenvalue weighted by Gasteiger charge is 2.31.